The first-order valence-corrected chi connectivity index (χ1v) is 10.0. The third kappa shape index (κ3) is 4.55. The zero-order valence-electron chi connectivity index (χ0n) is 15.8. The number of carbonyl (C=O) groups excluding carboxylic acids is 1. The standard InChI is InChI=1S/C21H19N5O2S/c1-15-4-6-17(7-5-15)26-20(16-8-10-22-11-9-16)24-25-21(26)29-14-19(27)23-13-18-3-2-12-28-18/h2-12H,13-14H2,1H3,(H,23,27). The SMILES string of the molecule is Cc1ccc(-n2c(SCC(=O)NCc3ccco3)nnc2-c2ccncc2)cc1. The van der Waals surface area contributed by atoms with Gasteiger partial charge in [-0.15, -0.1) is 10.2 Å². The van der Waals surface area contributed by atoms with E-state index in [9.17, 15) is 4.79 Å². The lowest BCUT2D eigenvalue weighted by atomic mass is 10.2. The van der Waals surface area contributed by atoms with Crippen molar-refractivity contribution in [3.63, 3.8) is 0 Å². The van der Waals surface area contributed by atoms with E-state index in [0.717, 1.165) is 11.3 Å². The molecule has 7 nitrogen and oxygen atoms in total. The summed E-state index contributed by atoms with van der Waals surface area (Å²) in [5.74, 6) is 1.54. The molecule has 8 heteroatoms. The van der Waals surface area contributed by atoms with Crippen molar-refractivity contribution in [3.05, 3.63) is 78.5 Å². The van der Waals surface area contributed by atoms with Crippen LogP contribution in [0.25, 0.3) is 17.1 Å². The number of carbonyl (C=O) groups is 1. The Hall–Kier alpha value is -3.39. The fraction of sp³-hybridized carbons (Fsp3) is 0.143. The number of nitrogens with one attached hydrogen (secondary N) is 1. The molecule has 29 heavy (non-hydrogen) atoms. The van der Waals surface area contributed by atoms with Crippen LogP contribution < -0.4 is 5.32 Å². The number of aromatic nitrogens is 4. The Bertz CT molecular complexity index is 1080. The van der Waals surface area contributed by atoms with E-state index < -0.39 is 0 Å². The summed E-state index contributed by atoms with van der Waals surface area (Å²) in [4.78, 5) is 16.3. The number of rotatable bonds is 7. The van der Waals surface area contributed by atoms with Gasteiger partial charge in [-0.2, -0.15) is 0 Å². The first kappa shape index (κ1) is 18.9. The van der Waals surface area contributed by atoms with Gasteiger partial charge in [0.15, 0.2) is 11.0 Å². The lowest BCUT2D eigenvalue weighted by molar-refractivity contribution is -0.118. The molecule has 0 atom stereocenters. The number of hydrogen-bond donors (Lipinski definition) is 1. The van der Waals surface area contributed by atoms with Gasteiger partial charge in [0.05, 0.1) is 18.6 Å². The van der Waals surface area contributed by atoms with Crippen LogP contribution in [0.15, 0.2) is 76.8 Å². The molecule has 0 bridgehead atoms. The van der Waals surface area contributed by atoms with Crippen LogP contribution in [-0.2, 0) is 11.3 Å². The molecule has 1 N–H and O–H groups in total. The number of benzene rings is 1. The number of nitrogens with zero attached hydrogens (tertiary/aromatic N) is 4. The molecule has 0 spiro atoms. The molecule has 0 saturated heterocycles. The summed E-state index contributed by atoms with van der Waals surface area (Å²) >= 11 is 1.34. The fourth-order valence-electron chi connectivity index (χ4n) is 2.76. The number of hydrogen-bond acceptors (Lipinski definition) is 6. The second-order valence-electron chi connectivity index (χ2n) is 6.36. The number of pyridine rings is 1. The smallest absolute Gasteiger partial charge is 0.230 e. The Balaban J connectivity index is 1.55. The van der Waals surface area contributed by atoms with Crippen molar-refractivity contribution in [2.75, 3.05) is 5.75 Å². The second kappa shape index (κ2) is 8.74. The average molecular weight is 405 g/mol. The van der Waals surface area contributed by atoms with Crippen molar-refractivity contribution >= 4 is 17.7 Å². The molecule has 1 aromatic carbocycles. The quantitative estimate of drug-likeness (QED) is 0.473. The Kier molecular flexibility index (Phi) is 5.71. The van der Waals surface area contributed by atoms with E-state index in [0.29, 0.717) is 23.3 Å². The van der Waals surface area contributed by atoms with Gasteiger partial charge in [-0.1, -0.05) is 29.5 Å². The fourth-order valence-corrected chi connectivity index (χ4v) is 3.54. The number of furan rings is 1. The van der Waals surface area contributed by atoms with Gasteiger partial charge in [0.2, 0.25) is 5.91 Å². The Labute approximate surface area is 172 Å². The lowest BCUT2D eigenvalue weighted by Crippen LogP contribution is -2.24. The molecule has 0 aliphatic rings. The molecule has 0 radical (unpaired) electrons. The van der Waals surface area contributed by atoms with Crippen LogP contribution in [0.1, 0.15) is 11.3 Å². The first-order chi connectivity index (χ1) is 14.2. The molecule has 4 rings (SSSR count). The topological polar surface area (TPSA) is 85.8 Å². The minimum atomic E-state index is -0.102. The summed E-state index contributed by atoms with van der Waals surface area (Å²) in [6.07, 6.45) is 5.03. The summed E-state index contributed by atoms with van der Waals surface area (Å²) in [6, 6.07) is 15.5. The summed E-state index contributed by atoms with van der Waals surface area (Å²) in [6.45, 7) is 2.40. The molecule has 3 heterocycles. The van der Waals surface area contributed by atoms with E-state index in [2.05, 4.69) is 20.5 Å². The maximum atomic E-state index is 12.2. The van der Waals surface area contributed by atoms with E-state index >= 15 is 0 Å². The second-order valence-corrected chi connectivity index (χ2v) is 7.30. The van der Waals surface area contributed by atoms with E-state index in [-0.39, 0.29) is 11.7 Å². The van der Waals surface area contributed by atoms with Gasteiger partial charge in [0.25, 0.3) is 0 Å². The third-order valence-electron chi connectivity index (χ3n) is 4.24. The van der Waals surface area contributed by atoms with E-state index in [1.54, 1.807) is 24.7 Å². The number of thioether (sulfide) groups is 1. The highest BCUT2D eigenvalue weighted by atomic mass is 32.2. The maximum absolute atomic E-state index is 12.2. The van der Waals surface area contributed by atoms with Crippen molar-refractivity contribution in [1.82, 2.24) is 25.1 Å². The number of amides is 1. The summed E-state index contributed by atoms with van der Waals surface area (Å²) in [5.41, 5.74) is 3.01. The van der Waals surface area contributed by atoms with Gasteiger partial charge in [-0.25, -0.2) is 0 Å². The largest absolute Gasteiger partial charge is 0.467 e. The van der Waals surface area contributed by atoms with Gasteiger partial charge < -0.3 is 9.73 Å². The summed E-state index contributed by atoms with van der Waals surface area (Å²) < 4.78 is 7.19. The van der Waals surface area contributed by atoms with Crippen LogP contribution in [0.2, 0.25) is 0 Å². The molecule has 0 saturated carbocycles. The van der Waals surface area contributed by atoms with Gasteiger partial charge >= 0.3 is 0 Å². The van der Waals surface area contributed by atoms with E-state index in [1.165, 1.54) is 17.3 Å². The molecule has 1 amide bonds. The zero-order valence-corrected chi connectivity index (χ0v) is 16.6. The van der Waals surface area contributed by atoms with Crippen molar-refractivity contribution in [1.29, 1.82) is 0 Å². The van der Waals surface area contributed by atoms with Crippen LogP contribution in [0.5, 0.6) is 0 Å². The van der Waals surface area contributed by atoms with Crippen LogP contribution in [0.3, 0.4) is 0 Å². The maximum Gasteiger partial charge on any atom is 0.230 e. The Morgan fingerprint density at radius 3 is 2.62 bits per heavy atom. The van der Waals surface area contributed by atoms with Crippen molar-refractivity contribution < 1.29 is 9.21 Å². The van der Waals surface area contributed by atoms with Crippen LogP contribution >= 0.6 is 11.8 Å². The van der Waals surface area contributed by atoms with Crippen molar-refractivity contribution in [3.8, 4) is 17.1 Å². The molecule has 4 aromatic rings. The highest BCUT2D eigenvalue weighted by molar-refractivity contribution is 7.99. The molecule has 0 aliphatic heterocycles. The molecular formula is C21H19N5O2S. The zero-order chi connectivity index (χ0) is 20.1. The lowest BCUT2D eigenvalue weighted by Gasteiger charge is -2.10. The van der Waals surface area contributed by atoms with Crippen molar-refractivity contribution in [2.24, 2.45) is 0 Å². The monoisotopic (exact) mass is 405 g/mol. The van der Waals surface area contributed by atoms with Gasteiger partial charge in [-0.3, -0.25) is 14.3 Å². The molecule has 3 aromatic heterocycles. The minimum Gasteiger partial charge on any atom is -0.467 e. The summed E-state index contributed by atoms with van der Waals surface area (Å²) in [5, 5.41) is 12.2. The van der Waals surface area contributed by atoms with E-state index in [4.69, 9.17) is 4.42 Å². The Morgan fingerprint density at radius 2 is 1.90 bits per heavy atom. The highest BCUT2D eigenvalue weighted by Gasteiger charge is 2.17. The molecule has 146 valence electrons. The number of aryl methyl sites for hydroxylation is 1. The van der Waals surface area contributed by atoms with Crippen molar-refractivity contribution in [2.45, 2.75) is 18.6 Å². The van der Waals surface area contributed by atoms with Gasteiger partial charge in [-0.05, 0) is 43.3 Å². The predicted octanol–water partition coefficient (Wildman–Crippen LogP) is 3.64. The molecule has 0 fully saturated rings. The summed E-state index contributed by atoms with van der Waals surface area (Å²) in [7, 11) is 0. The Morgan fingerprint density at radius 1 is 1.10 bits per heavy atom. The van der Waals surface area contributed by atoms with Crippen LogP contribution in [0, 0.1) is 6.92 Å². The minimum absolute atomic E-state index is 0.102. The highest BCUT2D eigenvalue weighted by Crippen LogP contribution is 2.27. The average Bonchev–Trinajstić information content (AvgIpc) is 3.42. The van der Waals surface area contributed by atoms with E-state index in [1.807, 2.05) is 54.0 Å². The van der Waals surface area contributed by atoms with Gasteiger partial charge in [0.1, 0.15) is 5.76 Å². The normalized spacial score (nSPS) is 10.8. The molecule has 0 unspecified atom stereocenters. The van der Waals surface area contributed by atoms with Gasteiger partial charge in [0, 0.05) is 23.6 Å². The molecule has 0 aliphatic carbocycles. The predicted molar refractivity (Wildman–Crippen MR) is 111 cm³/mol. The van der Waals surface area contributed by atoms with Crippen LogP contribution in [0.4, 0.5) is 0 Å². The van der Waals surface area contributed by atoms with Crippen LogP contribution in [-0.4, -0.2) is 31.4 Å². The third-order valence-corrected chi connectivity index (χ3v) is 5.17. The first-order valence-electron chi connectivity index (χ1n) is 9.05. The molecular weight excluding hydrogens is 386 g/mol.